The molecule has 25 heavy (non-hydrogen) atoms. The van der Waals surface area contributed by atoms with Gasteiger partial charge in [-0.3, -0.25) is 4.55 Å². The van der Waals surface area contributed by atoms with Crippen LogP contribution in [0.2, 0.25) is 0 Å². The van der Waals surface area contributed by atoms with Crippen LogP contribution in [-0.4, -0.2) is 25.1 Å². The summed E-state index contributed by atoms with van der Waals surface area (Å²) in [5.74, 6) is 0.824. The van der Waals surface area contributed by atoms with Crippen LogP contribution < -0.4 is 4.74 Å². The van der Waals surface area contributed by atoms with Gasteiger partial charge in [0, 0.05) is 17.1 Å². The van der Waals surface area contributed by atoms with Gasteiger partial charge < -0.3 is 9.72 Å². The van der Waals surface area contributed by atoms with Crippen molar-refractivity contribution in [2.75, 3.05) is 7.11 Å². The molecule has 0 fully saturated rings. The van der Waals surface area contributed by atoms with Gasteiger partial charge in [0.05, 0.1) is 12.0 Å². The molecule has 0 atom stereocenters. The number of ether oxygens (including phenoxy) is 1. The Morgan fingerprint density at radius 2 is 1.84 bits per heavy atom. The largest absolute Gasteiger partial charge is 0.497 e. The Hall–Kier alpha value is -2.31. The zero-order valence-corrected chi connectivity index (χ0v) is 15.1. The molecule has 0 saturated carbocycles. The number of fused-ring (bicyclic) bond motifs is 1. The Morgan fingerprint density at radius 3 is 2.56 bits per heavy atom. The first kappa shape index (κ1) is 17.5. The highest BCUT2D eigenvalue weighted by Gasteiger charge is 2.12. The van der Waals surface area contributed by atoms with Crippen molar-refractivity contribution in [2.24, 2.45) is 0 Å². The third-order valence-corrected chi connectivity index (χ3v) is 5.33. The summed E-state index contributed by atoms with van der Waals surface area (Å²) in [6.45, 7) is 1.94. The second kappa shape index (κ2) is 6.90. The van der Waals surface area contributed by atoms with E-state index in [2.05, 4.69) is 4.98 Å². The van der Waals surface area contributed by atoms with Crippen molar-refractivity contribution in [1.82, 2.24) is 4.98 Å². The van der Waals surface area contributed by atoms with Gasteiger partial charge in [0.25, 0.3) is 10.1 Å². The fraction of sp³-hybridized carbons (Fsp3) is 0.263. The lowest BCUT2D eigenvalue weighted by Crippen LogP contribution is -2.01. The minimum atomic E-state index is -4.17. The Bertz CT molecular complexity index is 1010. The molecule has 0 radical (unpaired) electrons. The summed E-state index contributed by atoms with van der Waals surface area (Å²) >= 11 is 0. The molecule has 0 aliphatic heterocycles. The van der Waals surface area contributed by atoms with Crippen molar-refractivity contribution in [2.45, 2.75) is 31.1 Å². The molecule has 0 spiro atoms. The van der Waals surface area contributed by atoms with Crippen molar-refractivity contribution >= 4 is 21.0 Å². The molecule has 0 unspecified atom stereocenters. The maximum Gasteiger partial charge on any atom is 0.294 e. The normalized spacial score (nSPS) is 11.8. The van der Waals surface area contributed by atoms with Crippen molar-refractivity contribution < 1.29 is 17.7 Å². The number of rotatable bonds is 6. The van der Waals surface area contributed by atoms with Crippen LogP contribution in [0.3, 0.4) is 0 Å². The van der Waals surface area contributed by atoms with Crippen LogP contribution >= 0.6 is 0 Å². The number of methoxy groups -OCH3 is 1. The Labute approximate surface area is 147 Å². The summed E-state index contributed by atoms with van der Waals surface area (Å²) in [7, 11) is -2.51. The maximum absolute atomic E-state index is 11.3. The first-order chi connectivity index (χ1) is 11.9. The van der Waals surface area contributed by atoms with Gasteiger partial charge in [0.1, 0.15) is 5.75 Å². The summed E-state index contributed by atoms with van der Waals surface area (Å²) in [5.41, 5.74) is 4.23. The highest BCUT2D eigenvalue weighted by Crippen LogP contribution is 2.25. The van der Waals surface area contributed by atoms with Gasteiger partial charge in [0.15, 0.2) is 0 Å². The zero-order chi connectivity index (χ0) is 18.0. The number of H-pyrrole nitrogens is 1. The van der Waals surface area contributed by atoms with Crippen LogP contribution in [0, 0.1) is 6.92 Å². The van der Waals surface area contributed by atoms with Crippen LogP contribution in [0.4, 0.5) is 0 Å². The lowest BCUT2D eigenvalue weighted by atomic mass is 10.0. The molecular weight excluding hydrogens is 338 g/mol. The lowest BCUT2D eigenvalue weighted by Gasteiger charge is -2.08. The number of aryl methyl sites for hydroxylation is 3. The SMILES string of the molecule is COc1ccc2[nH]cc(CCCc3cc(S(=O)(=O)O)ccc3C)c2c1. The van der Waals surface area contributed by atoms with Crippen LogP contribution in [0.25, 0.3) is 10.9 Å². The lowest BCUT2D eigenvalue weighted by molar-refractivity contribution is 0.415. The van der Waals surface area contributed by atoms with E-state index in [1.165, 1.54) is 11.6 Å². The fourth-order valence-electron chi connectivity index (χ4n) is 3.04. The third-order valence-electron chi connectivity index (χ3n) is 4.49. The van der Waals surface area contributed by atoms with Crippen LogP contribution in [-0.2, 0) is 23.0 Å². The molecule has 0 amide bonds. The van der Waals surface area contributed by atoms with Crippen molar-refractivity contribution in [3.05, 3.63) is 59.3 Å². The van der Waals surface area contributed by atoms with Gasteiger partial charge in [-0.1, -0.05) is 6.07 Å². The van der Waals surface area contributed by atoms with Gasteiger partial charge in [-0.15, -0.1) is 0 Å². The smallest absolute Gasteiger partial charge is 0.294 e. The summed E-state index contributed by atoms with van der Waals surface area (Å²) in [5, 5.41) is 1.14. The second-order valence-electron chi connectivity index (χ2n) is 6.14. The summed E-state index contributed by atoms with van der Waals surface area (Å²) in [6.07, 6.45) is 4.49. The van der Waals surface area contributed by atoms with Crippen LogP contribution in [0.1, 0.15) is 23.1 Å². The monoisotopic (exact) mass is 359 g/mol. The number of benzene rings is 2. The fourth-order valence-corrected chi connectivity index (χ4v) is 3.57. The van der Waals surface area contributed by atoms with Crippen molar-refractivity contribution in [3.8, 4) is 5.75 Å². The molecule has 0 aliphatic rings. The van der Waals surface area contributed by atoms with E-state index < -0.39 is 10.1 Å². The second-order valence-corrected chi connectivity index (χ2v) is 7.56. The summed E-state index contributed by atoms with van der Waals surface area (Å²) < 4.78 is 37.1. The van der Waals surface area contributed by atoms with E-state index in [4.69, 9.17) is 4.74 Å². The number of aromatic amines is 1. The first-order valence-corrected chi connectivity index (χ1v) is 9.53. The van der Waals surface area contributed by atoms with Gasteiger partial charge in [-0.2, -0.15) is 8.42 Å². The molecule has 0 aliphatic carbocycles. The molecule has 3 rings (SSSR count). The van der Waals surface area contributed by atoms with Gasteiger partial charge in [0.2, 0.25) is 0 Å². The first-order valence-electron chi connectivity index (χ1n) is 8.09. The summed E-state index contributed by atoms with van der Waals surface area (Å²) in [6, 6.07) is 10.7. The zero-order valence-electron chi connectivity index (χ0n) is 14.2. The molecule has 0 saturated heterocycles. The van der Waals surface area contributed by atoms with E-state index in [0.29, 0.717) is 0 Å². The number of aromatic nitrogens is 1. The van der Waals surface area contributed by atoms with Crippen molar-refractivity contribution in [3.63, 3.8) is 0 Å². The van der Waals surface area contributed by atoms with E-state index in [1.54, 1.807) is 19.2 Å². The van der Waals surface area contributed by atoms with Gasteiger partial charge >= 0.3 is 0 Å². The molecule has 2 N–H and O–H groups in total. The van der Waals surface area contributed by atoms with Gasteiger partial charge in [-0.25, -0.2) is 0 Å². The molecule has 132 valence electrons. The predicted molar refractivity (Wildman–Crippen MR) is 97.9 cm³/mol. The molecule has 6 heteroatoms. The predicted octanol–water partition coefficient (Wildman–Crippen LogP) is 3.91. The molecule has 1 aromatic heterocycles. The molecule has 2 aromatic carbocycles. The standard InChI is InChI=1S/C19H21NO4S/c1-13-6-8-17(25(21,22)23)10-14(13)4-3-5-15-12-20-19-9-7-16(24-2)11-18(15)19/h6-12,20H,3-5H2,1-2H3,(H,21,22,23). The van der Waals surface area contributed by atoms with E-state index in [1.807, 2.05) is 31.3 Å². The van der Waals surface area contributed by atoms with Crippen LogP contribution in [0.15, 0.2) is 47.5 Å². The minimum Gasteiger partial charge on any atom is -0.497 e. The van der Waals surface area contributed by atoms with Crippen LogP contribution in [0.5, 0.6) is 5.75 Å². The topological polar surface area (TPSA) is 79.4 Å². The Balaban J connectivity index is 1.75. The molecule has 1 heterocycles. The Morgan fingerprint density at radius 1 is 1.08 bits per heavy atom. The molecule has 3 aromatic rings. The number of hydrogen-bond acceptors (Lipinski definition) is 3. The minimum absolute atomic E-state index is 0.0510. The van der Waals surface area contributed by atoms with E-state index >= 15 is 0 Å². The highest BCUT2D eigenvalue weighted by atomic mass is 32.2. The van der Waals surface area contributed by atoms with E-state index in [-0.39, 0.29) is 4.90 Å². The molecule has 5 nitrogen and oxygen atoms in total. The third kappa shape index (κ3) is 3.86. The number of hydrogen-bond donors (Lipinski definition) is 2. The maximum atomic E-state index is 11.3. The summed E-state index contributed by atoms with van der Waals surface area (Å²) in [4.78, 5) is 3.21. The van der Waals surface area contributed by atoms with Crippen molar-refractivity contribution in [1.29, 1.82) is 0 Å². The number of nitrogens with one attached hydrogen (secondary N) is 1. The average Bonchev–Trinajstić information content (AvgIpc) is 2.97. The Kier molecular flexibility index (Phi) is 4.83. The quantitative estimate of drug-likeness (QED) is 0.654. The van der Waals surface area contributed by atoms with E-state index in [9.17, 15) is 13.0 Å². The highest BCUT2D eigenvalue weighted by molar-refractivity contribution is 7.85. The molecular formula is C19H21NO4S. The average molecular weight is 359 g/mol. The van der Waals surface area contributed by atoms with Gasteiger partial charge in [-0.05, 0) is 73.2 Å². The molecule has 0 bridgehead atoms. The van der Waals surface area contributed by atoms with E-state index in [0.717, 1.165) is 47.0 Å².